The summed E-state index contributed by atoms with van der Waals surface area (Å²) in [5, 5.41) is 10.6. The number of ether oxygens (including phenoxy) is 1. The first-order valence-corrected chi connectivity index (χ1v) is 11.5. The van der Waals surface area contributed by atoms with Crippen LogP contribution in [0.1, 0.15) is 5.82 Å². The SMILES string of the molecule is COc1cccc(-c2nnc(SCc3nc4cc(Cl)ccc4c(=O)[nH]3)n2-c2ccccc2)c1. The highest BCUT2D eigenvalue weighted by molar-refractivity contribution is 7.98. The van der Waals surface area contributed by atoms with E-state index in [1.54, 1.807) is 25.3 Å². The number of benzene rings is 3. The van der Waals surface area contributed by atoms with E-state index in [4.69, 9.17) is 16.3 Å². The number of para-hydroxylation sites is 1. The monoisotopic (exact) mass is 475 g/mol. The first-order valence-electron chi connectivity index (χ1n) is 10.1. The Morgan fingerprint density at radius 3 is 2.70 bits per heavy atom. The number of hydrogen-bond donors (Lipinski definition) is 1. The van der Waals surface area contributed by atoms with Gasteiger partial charge in [-0.3, -0.25) is 9.36 Å². The molecule has 9 heteroatoms. The summed E-state index contributed by atoms with van der Waals surface area (Å²) < 4.78 is 7.36. The molecule has 0 aliphatic heterocycles. The van der Waals surface area contributed by atoms with Crippen molar-refractivity contribution in [2.45, 2.75) is 10.9 Å². The summed E-state index contributed by atoms with van der Waals surface area (Å²) in [7, 11) is 1.63. The number of halogens is 1. The van der Waals surface area contributed by atoms with Gasteiger partial charge in [0.2, 0.25) is 0 Å². The fourth-order valence-corrected chi connectivity index (χ4v) is 4.47. The first kappa shape index (κ1) is 21.2. The minimum Gasteiger partial charge on any atom is -0.497 e. The molecule has 0 atom stereocenters. The lowest BCUT2D eigenvalue weighted by molar-refractivity contribution is 0.415. The van der Waals surface area contributed by atoms with Crippen molar-refractivity contribution in [2.24, 2.45) is 0 Å². The molecular weight excluding hydrogens is 458 g/mol. The molecule has 7 nitrogen and oxygen atoms in total. The van der Waals surface area contributed by atoms with Gasteiger partial charge in [-0.25, -0.2) is 4.98 Å². The molecule has 0 saturated carbocycles. The largest absolute Gasteiger partial charge is 0.497 e. The van der Waals surface area contributed by atoms with Crippen molar-refractivity contribution in [3.8, 4) is 22.8 Å². The number of aromatic nitrogens is 5. The normalized spacial score (nSPS) is 11.1. The standard InChI is InChI=1S/C24H18ClN5O2S/c1-32-18-9-5-6-15(12-18)22-28-29-24(30(22)17-7-3-2-4-8-17)33-14-21-26-20-13-16(25)10-11-19(20)23(31)27-21/h2-13H,14H2,1H3,(H,26,27,31). The topological polar surface area (TPSA) is 85.7 Å². The number of H-pyrrole nitrogens is 1. The van der Waals surface area contributed by atoms with Crippen LogP contribution >= 0.6 is 23.4 Å². The van der Waals surface area contributed by atoms with Gasteiger partial charge in [-0.05, 0) is 42.5 Å². The van der Waals surface area contributed by atoms with Crippen LogP contribution in [0, 0.1) is 0 Å². The summed E-state index contributed by atoms with van der Waals surface area (Å²) >= 11 is 7.51. The molecule has 33 heavy (non-hydrogen) atoms. The number of fused-ring (bicyclic) bond motifs is 1. The second kappa shape index (κ2) is 9.09. The predicted molar refractivity (Wildman–Crippen MR) is 130 cm³/mol. The Kier molecular flexibility index (Phi) is 5.85. The number of rotatable bonds is 6. The maximum Gasteiger partial charge on any atom is 0.258 e. The van der Waals surface area contributed by atoms with Gasteiger partial charge in [0.05, 0.1) is 23.8 Å². The van der Waals surface area contributed by atoms with Gasteiger partial charge >= 0.3 is 0 Å². The van der Waals surface area contributed by atoms with Crippen LogP contribution in [0.2, 0.25) is 5.02 Å². The molecule has 2 heterocycles. The van der Waals surface area contributed by atoms with Crippen LogP contribution in [-0.2, 0) is 5.75 Å². The van der Waals surface area contributed by atoms with E-state index in [0.717, 1.165) is 17.0 Å². The van der Waals surface area contributed by atoms with E-state index >= 15 is 0 Å². The van der Waals surface area contributed by atoms with E-state index in [1.807, 2.05) is 59.2 Å². The van der Waals surface area contributed by atoms with Crippen LogP contribution in [0.5, 0.6) is 5.75 Å². The van der Waals surface area contributed by atoms with Crippen LogP contribution < -0.4 is 10.3 Å². The molecule has 2 aromatic heterocycles. The van der Waals surface area contributed by atoms with E-state index < -0.39 is 0 Å². The molecule has 0 bridgehead atoms. The van der Waals surface area contributed by atoms with Crippen molar-refractivity contribution < 1.29 is 4.74 Å². The third kappa shape index (κ3) is 4.35. The zero-order valence-corrected chi connectivity index (χ0v) is 19.1. The smallest absolute Gasteiger partial charge is 0.258 e. The minimum atomic E-state index is -0.200. The molecule has 0 unspecified atom stereocenters. The molecule has 1 N–H and O–H groups in total. The molecule has 0 amide bonds. The molecule has 0 spiro atoms. The fourth-order valence-electron chi connectivity index (χ4n) is 3.48. The molecule has 0 fully saturated rings. The molecular formula is C24H18ClN5O2S. The van der Waals surface area contributed by atoms with Crippen molar-refractivity contribution >= 4 is 34.3 Å². The third-order valence-corrected chi connectivity index (χ3v) is 6.21. The maximum atomic E-state index is 12.5. The van der Waals surface area contributed by atoms with Gasteiger partial charge in [0.25, 0.3) is 5.56 Å². The van der Waals surface area contributed by atoms with Gasteiger partial charge in [0, 0.05) is 16.3 Å². The van der Waals surface area contributed by atoms with Crippen molar-refractivity contribution in [3.63, 3.8) is 0 Å². The highest BCUT2D eigenvalue weighted by Crippen LogP contribution is 2.30. The molecule has 3 aromatic carbocycles. The lowest BCUT2D eigenvalue weighted by Crippen LogP contribution is -2.11. The fraction of sp³-hybridized carbons (Fsp3) is 0.0833. The summed E-state index contributed by atoms with van der Waals surface area (Å²) in [6, 6.07) is 22.6. The van der Waals surface area contributed by atoms with E-state index in [9.17, 15) is 4.79 Å². The van der Waals surface area contributed by atoms with Crippen LogP contribution in [0.3, 0.4) is 0 Å². The van der Waals surface area contributed by atoms with E-state index in [0.29, 0.717) is 38.5 Å². The minimum absolute atomic E-state index is 0.200. The highest BCUT2D eigenvalue weighted by atomic mass is 35.5. The summed E-state index contributed by atoms with van der Waals surface area (Å²) in [4.78, 5) is 19.9. The average molecular weight is 476 g/mol. The number of thioether (sulfide) groups is 1. The van der Waals surface area contributed by atoms with Gasteiger partial charge in [-0.15, -0.1) is 10.2 Å². The second-order valence-electron chi connectivity index (χ2n) is 7.17. The van der Waals surface area contributed by atoms with Gasteiger partial charge < -0.3 is 9.72 Å². The Hall–Kier alpha value is -3.62. The Bertz CT molecular complexity index is 1500. The van der Waals surface area contributed by atoms with Crippen LogP contribution in [0.4, 0.5) is 0 Å². The van der Waals surface area contributed by atoms with Crippen molar-refractivity contribution in [2.75, 3.05) is 7.11 Å². The van der Waals surface area contributed by atoms with Gasteiger partial charge in [0.15, 0.2) is 11.0 Å². The Labute approximate surface area is 198 Å². The molecule has 0 radical (unpaired) electrons. The molecule has 5 rings (SSSR count). The number of nitrogens with zero attached hydrogens (tertiary/aromatic N) is 4. The Morgan fingerprint density at radius 1 is 1.03 bits per heavy atom. The predicted octanol–water partition coefficient (Wildman–Crippen LogP) is 5.13. The highest BCUT2D eigenvalue weighted by Gasteiger charge is 2.17. The molecule has 164 valence electrons. The van der Waals surface area contributed by atoms with E-state index in [-0.39, 0.29) is 5.56 Å². The van der Waals surface area contributed by atoms with Gasteiger partial charge in [-0.2, -0.15) is 0 Å². The molecule has 0 saturated heterocycles. The summed E-state index contributed by atoms with van der Waals surface area (Å²) in [6.07, 6.45) is 0. The lowest BCUT2D eigenvalue weighted by atomic mass is 10.2. The average Bonchev–Trinajstić information content (AvgIpc) is 3.27. The summed E-state index contributed by atoms with van der Waals surface area (Å²) in [5.74, 6) is 2.36. The van der Waals surface area contributed by atoms with Crippen LogP contribution in [0.15, 0.2) is 82.7 Å². The van der Waals surface area contributed by atoms with Gasteiger partial charge in [-0.1, -0.05) is 53.7 Å². The first-order chi connectivity index (χ1) is 16.1. The maximum absolute atomic E-state index is 12.5. The second-order valence-corrected chi connectivity index (χ2v) is 8.55. The van der Waals surface area contributed by atoms with Gasteiger partial charge in [0.1, 0.15) is 11.6 Å². The number of nitrogens with one attached hydrogen (secondary N) is 1. The third-order valence-electron chi connectivity index (χ3n) is 5.03. The van der Waals surface area contributed by atoms with Crippen molar-refractivity contribution in [3.05, 3.63) is 94.0 Å². The Morgan fingerprint density at radius 2 is 1.88 bits per heavy atom. The zero-order chi connectivity index (χ0) is 22.8. The molecule has 0 aliphatic rings. The number of methoxy groups -OCH3 is 1. The number of aromatic amines is 1. The Balaban J connectivity index is 1.53. The zero-order valence-electron chi connectivity index (χ0n) is 17.5. The molecule has 5 aromatic rings. The number of hydrogen-bond acceptors (Lipinski definition) is 6. The van der Waals surface area contributed by atoms with E-state index in [1.165, 1.54) is 11.8 Å². The van der Waals surface area contributed by atoms with Crippen molar-refractivity contribution in [1.29, 1.82) is 0 Å². The summed E-state index contributed by atoms with van der Waals surface area (Å²) in [5.41, 5.74) is 2.16. The van der Waals surface area contributed by atoms with E-state index in [2.05, 4.69) is 20.2 Å². The van der Waals surface area contributed by atoms with Crippen LogP contribution in [-0.4, -0.2) is 31.8 Å². The molecule has 0 aliphatic carbocycles. The summed E-state index contributed by atoms with van der Waals surface area (Å²) in [6.45, 7) is 0. The van der Waals surface area contributed by atoms with Crippen LogP contribution in [0.25, 0.3) is 28.0 Å². The quantitative estimate of drug-likeness (QED) is 0.343. The van der Waals surface area contributed by atoms with Crippen molar-refractivity contribution in [1.82, 2.24) is 24.7 Å². The lowest BCUT2D eigenvalue weighted by Gasteiger charge is -2.11.